The van der Waals surface area contributed by atoms with Crippen molar-refractivity contribution in [2.75, 3.05) is 18.5 Å². The van der Waals surface area contributed by atoms with Crippen LogP contribution >= 0.6 is 0 Å². The van der Waals surface area contributed by atoms with Crippen molar-refractivity contribution in [2.45, 2.75) is 13.3 Å². The van der Waals surface area contributed by atoms with Crippen molar-refractivity contribution < 1.29 is 4.79 Å². The van der Waals surface area contributed by atoms with Gasteiger partial charge in [0, 0.05) is 20.0 Å². The number of rotatable bonds is 1. The third-order valence-corrected chi connectivity index (χ3v) is 3.65. The molecule has 0 unspecified atom stereocenters. The lowest BCUT2D eigenvalue weighted by molar-refractivity contribution is -0.114. The Bertz CT molecular complexity index is 660. The van der Waals surface area contributed by atoms with E-state index in [4.69, 9.17) is 5.41 Å². The Morgan fingerprint density at radius 3 is 2.85 bits per heavy atom. The van der Waals surface area contributed by atoms with Crippen molar-refractivity contribution >= 4 is 29.0 Å². The molecule has 1 N–H and O–H groups in total. The summed E-state index contributed by atoms with van der Waals surface area (Å²) < 4.78 is 0. The van der Waals surface area contributed by atoms with E-state index in [1.54, 1.807) is 22.9 Å². The largest absolute Gasteiger partial charge is 0.317 e. The van der Waals surface area contributed by atoms with Gasteiger partial charge in [0.15, 0.2) is 0 Å². The normalized spacial score (nSPS) is 18.1. The van der Waals surface area contributed by atoms with Crippen LogP contribution in [0.15, 0.2) is 40.9 Å². The molecule has 1 aromatic rings. The van der Waals surface area contributed by atoms with Gasteiger partial charge in [-0.1, -0.05) is 18.2 Å². The molecule has 1 amide bonds. The molecule has 0 radical (unpaired) electrons. The quantitative estimate of drug-likeness (QED) is 0.849. The summed E-state index contributed by atoms with van der Waals surface area (Å²) in [7, 11) is 1.78. The third kappa shape index (κ3) is 1.74. The predicted molar refractivity (Wildman–Crippen MR) is 79.8 cm³/mol. The van der Waals surface area contributed by atoms with Crippen molar-refractivity contribution in [2.24, 2.45) is 4.99 Å². The maximum Gasteiger partial charge on any atom is 0.261 e. The Labute approximate surface area is 117 Å². The third-order valence-electron chi connectivity index (χ3n) is 3.65. The fraction of sp³-hybridized carbons (Fsp3) is 0.267. The van der Waals surface area contributed by atoms with Crippen LogP contribution in [0.4, 0.5) is 11.4 Å². The minimum absolute atomic E-state index is 0.0458. The Morgan fingerprint density at radius 1 is 1.35 bits per heavy atom. The highest BCUT2D eigenvalue weighted by Crippen LogP contribution is 2.34. The Morgan fingerprint density at radius 2 is 2.10 bits per heavy atom. The molecule has 0 aliphatic carbocycles. The lowest BCUT2D eigenvalue weighted by Crippen LogP contribution is -2.42. The van der Waals surface area contributed by atoms with Crippen molar-refractivity contribution in [1.82, 2.24) is 4.90 Å². The van der Waals surface area contributed by atoms with Crippen molar-refractivity contribution in [1.29, 1.82) is 5.41 Å². The molecule has 0 saturated carbocycles. The fourth-order valence-electron chi connectivity index (χ4n) is 2.52. The van der Waals surface area contributed by atoms with Gasteiger partial charge in [-0.3, -0.25) is 10.2 Å². The van der Waals surface area contributed by atoms with Gasteiger partial charge in [0.2, 0.25) is 0 Å². The van der Waals surface area contributed by atoms with E-state index < -0.39 is 0 Å². The summed E-state index contributed by atoms with van der Waals surface area (Å²) in [6.07, 6.45) is 2.27. The van der Waals surface area contributed by atoms with Gasteiger partial charge in [0.25, 0.3) is 5.91 Å². The smallest absolute Gasteiger partial charge is 0.261 e. The predicted octanol–water partition coefficient (Wildman–Crippen LogP) is 2.32. The first kappa shape index (κ1) is 12.6. The summed E-state index contributed by atoms with van der Waals surface area (Å²) in [5.74, 6) is 0.966. The number of benzene rings is 1. The maximum atomic E-state index is 12.7. The average Bonchev–Trinajstić information content (AvgIpc) is 2.57. The number of amides is 1. The first-order chi connectivity index (χ1) is 9.63. The van der Waals surface area contributed by atoms with Crippen LogP contribution < -0.4 is 4.90 Å². The first-order valence-corrected chi connectivity index (χ1v) is 6.64. The van der Waals surface area contributed by atoms with Crippen LogP contribution in [0.5, 0.6) is 0 Å². The Hall–Kier alpha value is -2.43. The number of nitrogens with one attached hydrogen (secondary N) is 1. The molecule has 5 nitrogen and oxygen atoms in total. The lowest BCUT2D eigenvalue weighted by atomic mass is 10.1. The van der Waals surface area contributed by atoms with Crippen molar-refractivity contribution in [3.05, 3.63) is 35.9 Å². The molecule has 0 fully saturated rings. The maximum absolute atomic E-state index is 12.7. The van der Waals surface area contributed by atoms with Crippen molar-refractivity contribution in [3.63, 3.8) is 0 Å². The number of fused-ring (bicyclic) bond motifs is 2. The molecule has 1 aromatic carbocycles. The van der Waals surface area contributed by atoms with Crippen LogP contribution in [0, 0.1) is 5.41 Å². The van der Waals surface area contributed by atoms with E-state index in [0.29, 0.717) is 30.2 Å². The number of carbonyl (C=O) groups excluding carboxylic acids is 1. The molecule has 0 saturated heterocycles. The van der Waals surface area contributed by atoms with E-state index in [2.05, 4.69) is 4.99 Å². The molecular formula is C15H16N4O. The van der Waals surface area contributed by atoms with Crippen LogP contribution in [0.1, 0.15) is 13.3 Å². The van der Waals surface area contributed by atoms with E-state index in [-0.39, 0.29) is 5.91 Å². The Balaban J connectivity index is 2.24. The zero-order chi connectivity index (χ0) is 14.3. The van der Waals surface area contributed by atoms with E-state index in [0.717, 1.165) is 11.4 Å². The molecule has 3 rings (SSSR count). The minimum Gasteiger partial charge on any atom is -0.317 e. The molecule has 2 aliphatic heterocycles. The standard InChI is InChI=1S/C15H16N4O/c1-3-19-12-7-5-4-6-11(12)17-14-10(15(19)20)8-9-13(16)18(14)2/h4-8,16H,3,9H2,1-2H3. The van der Waals surface area contributed by atoms with Gasteiger partial charge in [0.05, 0.1) is 16.9 Å². The fourth-order valence-corrected chi connectivity index (χ4v) is 2.52. The second kappa shape index (κ2) is 4.59. The topological polar surface area (TPSA) is 59.8 Å². The van der Waals surface area contributed by atoms with E-state index in [9.17, 15) is 4.79 Å². The number of hydrogen-bond acceptors (Lipinski definition) is 3. The number of nitrogens with zero attached hydrogens (tertiary/aromatic N) is 3. The highest BCUT2D eigenvalue weighted by atomic mass is 16.2. The first-order valence-electron chi connectivity index (χ1n) is 6.64. The van der Waals surface area contributed by atoms with Crippen LogP contribution in [0.2, 0.25) is 0 Å². The molecule has 2 aliphatic rings. The molecule has 0 bridgehead atoms. The lowest BCUT2D eigenvalue weighted by Gasteiger charge is -2.27. The van der Waals surface area contributed by atoms with Gasteiger partial charge in [-0.25, -0.2) is 4.99 Å². The molecule has 102 valence electrons. The van der Waals surface area contributed by atoms with Crippen LogP contribution in [0.3, 0.4) is 0 Å². The minimum atomic E-state index is -0.0458. The molecule has 2 heterocycles. The summed E-state index contributed by atoms with van der Waals surface area (Å²) in [5.41, 5.74) is 2.17. The Kier molecular flexibility index (Phi) is 2.89. The summed E-state index contributed by atoms with van der Waals surface area (Å²) >= 11 is 0. The van der Waals surface area contributed by atoms with Gasteiger partial charge in [-0.15, -0.1) is 0 Å². The summed E-state index contributed by atoms with van der Waals surface area (Å²) in [6.45, 7) is 2.55. The van der Waals surface area contributed by atoms with Gasteiger partial charge >= 0.3 is 0 Å². The second-order valence-electron chi connectivity index (χ2n) is 4.80. The van der Waals surface area contributed by atoms with Crippen LogP contribution in [-0.2, 0) is 4.79 Å². The monoisotopic (exact) mass is 268 g/mol. The van der Waals surface area contributed by atoms with E-state index in [1.165, 1.54) is 0 Å². The number of amidine groups is 2. The number of hydrogen-bond donors (Lipinski definition) is 1. The molecule has 0 atom stereocenters. The molecule has 20 heavy (non-hydrogen) atoms. The molecular weight excluding hydrogens is 252 g/mol. The van der Waals surface area contributed by atoms with Gasteiger partial charge in [-0.05, 0) is 19.1 Å². The van der Waals surface area contributed by atoms with E-state index >= 15 is 0 Å². The van der Waals surface area contributed by atoms with Gasteiger partial charge in [-0.2, -0.15) is 0 Å². The number of aliphatic imine (C=N–C) groups is 1. The zero-order valence-electron chi connectivity index (χ0n) is 11.6. The van der Waals surface area contributed by atoms with Gasteiger partial charge < -0.3 is 9.80 Å². The number of anilines is 1. The number of carbonyl (C=O) groups is 1. The molecule has 0 aromatic heterocycles. The SMILES string of the molecule is CCN1C(=O)C2=CCC(=N)N(C)C2=Nc2ccccc21. The second-order valence-corrected chi connectivity index (χ2v) is 4.80. The summed E-state index contributed by atoms with van der Waals surface area (Å²) in [4.78, 5) is 20.7. The molecule has 5 heteroatoms. The van der Waals surface area contributed by atoms with Crippen LogP contribution in [-0.4, -0.2) is 36.1 Å². The highest BCUT2D eigenvalue weighted by molar-refractivity contribution is 6.31. The number of likely N-dealkylation sites (N-methyl/N-ethyl adjacent to an activating group) is 2. The number of para-hydroxylation sites is 2. The van der Waals surface area contributed by atoms with Gasteiger partial charge in [0.1, 0.15) is 11.7 Å². The summed E-state index contributed by atoms with van der Waals surface area (Å²) in [5, 5.41) is 7.91. The van der Waals surface area contributed by atoms with E-state index in [1.807, 2.05) is 31.2 Å². The van der Waals surface area contributed by atoms with Crippen LogP contribution in [0.25, 0.3) is 0 Å². The zero-order valence-corrected chi connectivity index (χ0v) is 11.6. The van der Waals surface area contributed by atoms with Crippen molar-refractivity contribution in [3.8, 4) is 0 Å². The highest BCUT2D eigenvalue weighted by Gasteiger charge is 2.32. The summed E-state index contributed by atoms with van der Waals surface area (Å²) in [6, 6.07) is 7.62. The molecule has 0 spiro atoms. The average molecular weight is 268 g/mol.